The summed E-state index contributed by atoms with van der Waals surface area (Å²) in [5.41, 5.74) is -0.874. The third kappa shape index (κ3) is 3.69. The van der Waals surface area contributed by atoms with E-state index in [1.807, 2.05) is 13.8 Å². The summed E-state index contributed by atoms with van der Waals surface area (Å²) in [5.74, 6) is -0.309. The number of benzene rings is 1. The van der Waals surface area contributed by atoms with Crippen LogP contribution < -0.4 is 4.74 Å². The Morgan fingerprint density at radius 3 is 2.32 bits per heavy atom. The Morgan fingerprint density at radius 1 is 1.32 bits per heavy atom. The average Bonchev–Trinajstić information content (AvgIpc) is 2.25. The maximum absolute atomic E-state index is 14.0. The molecule has 0 aliphatic rings. The van der Waals surface area contributed by atoms with Crippen LogP contribution in [0.5, 0.6) is 5.75 Å². The topological polar surface area (TPSA) is 46.5 Å². The van der Waals surface area contributed by atoms with E-state index in [1.165, 1.54) is 21.0 Å². The summed E-state index contributed by atoms with van der Waals surface area (Å²) in [7, 11) is 1.52. The van der Waals surface area contributed by atoms with Crippen molar-refractivity contribution in [3.8, 4) is 5.75 Å². The highest BCUT2D eigenvalue weighted by atomic mass is 19.1. The number of methoxy groups -OCH3 is 1. The lowest BCUT2D eigenvalue weighted by atomic mass is 9.79. The van der Waals surface area contributed by atoms with Gasteiger partial charge in [0.1, 0.15) is 11.4 Å². The summed E-state index contributed by atoms with van der Waals surface area (Å²) < 4.78 is 19.3. The molecule has 4 heteroatoms. The molecular weight excluding hydrogens is 247 g/mol. The van der Waals surface area contributed by atoms with E-state index in [2.05, 4.69) is 0 Å². The first-order chi connectivity index (χ1) is 8.58. The molecule has 0 aliphatic heterocycles. The number of carbonyl (C=O) groups is 1. The lowest BCUT2D eigenvalue weighted by molar-refractivity contribution is -0.138. The normalized spacial score (nSPS) is 12.3. The molecule has 0 saturated carbocycles. The van der Waals surface area contributed by atoms with Gasteiger partial charge in [-0.2, -0.15) is 0 Å². The number of rotatable bonds is 5. The van der Waals surface area contributed by atoms with Crippen molar-refractivity contribution in [2.75, 3.05) is 7.11 Å². The minimum absolute atomic E-state index is 0.0421. The van der Waals surface area contributed by atoms with E-state index < -0.39 is 17.1 Å². The van der Waals surface area contributed by atoms with Gasteiger partial charge in [-0.3, -0.25) is 4.79 Å². The Bertz CT molecular complexity index is 473. The van der Waals surface area contributed by atoms with Crippen LogP contribution in [0.3, 0.4) is 0 Å². The van der Waals surface area contributed by atoms with Crippen LogP contribution in [0.15, 0.2) is 18.2 Å². The highest BCUT2D eigenvalue weighted by molar-refractivity contribution is 5.69. The molecule has 0 radical (unpaired) electrons. The number of hydrogen-bond donors (Lipinski definition) is 1. The smallest absolute Gasteiger partial charge is 0.304 e. The summed E-state index contributed by atoms with van der Waals surface area (Å²) >= 11 is 0. The van der Waals surface area contributed by atoms with Gasteiger partial charge in [0.05, 0.1) is 13.5 Å². The molecule has 0 atom stereocenters. The van der Waals surface area contributed by atoms with Gasteiger partial charge in [0.2, 0.25) is 0 Å². The first-order valence-electron chi connectivity index (χ1n) is 6.17. The lowest BCUT2D eigenvalue weighted by Crippen LogP contribution is -2.23. The molecule has 0 unspecified atom stereocenters. The fourth-order valence-corrected chi connectivity index (χ4v) is 2.08. The van der Waals surface area contributed by atoms with Crippen LogP contribution in [0.4, 0.5) is 4.39 Å². The first-order valence-corrected chi connectivity index (χ1v) is 6.17. The Labute approximate surface area is 113 Å². The van der Waals surface area contributed by atoms with Gasteiger partial charge in [-0.05, 0) is 31.5 Å². The quantitative estimate of drug-likeness (QED) is 0.886. The maximum atomic E-state index is 14.0. The Balaban J connectivity index is 3.34. The molecule has 0 aliphatic carbocycles. The monoisotopic (exact) mass is 268 g/mol. The molecule has 19 heavy (non-hydrogen) atoms. The maximum Gasteiger partial charge on any atom is 0.304 e. The molecule has 1 rings (SSSR count). The zero-order valence-electron chi connectivity index (χ0n) is 12.1. The number of carboxylic acid groups (broad SMARTS) is 1. The lowest BCUT2D eigenvalue weighted by Gasteiger charge is -2.27. The van der Waals surface area contributed by atoms with Crippen LogP contribution in [0.2, 0.25) is 0 Å². The number of ether oxygens (including phenoxy) is 1. The van der Waals surface area contributed by atoms with Crippen molar-refractivity contribution in [1.82, 2.24) is 0 Å². The Hall–Kier alpha value is -1.58. The number of hydrogen-bond acceptors (Lipinski definition) is 2. The second-order valence-corrected chi connectivity index (χ2v) is 5.84. The number of halogens is 1. The van der Waals surface area contributed by atoms with Gasteiger partial charge in [0, 0.05) is 11.0 Å². The van der Waals surface area contributed by atoms with Crippen LogP contribution in [-0.4, -0.2) is 18.2 Å². The number of alkyl halides is 1. The zero-order chi connectivity index (χ0) is 14.8. The van der Waals surface area contributed by atoms with Crippen LogP contribution >= 0.6 is 0 Å². The molecular formula is C15H21FO3. The molecule has 0 amide bonds. The second-order valence-electron chi connectivity index (χ2n) is 5.84. The minimum atomic E-state index is -1.47. The van der Waals surface area contributed by atoms with Gasteiger partial charge in [0.25, 0.3) is 0 Å². The molecule has 0 bridgehead atoms. The second kappa shape index (κ2) is 5.19. The van der Waals surface area contributed by atoms with Crippen LogP contribution in [0, 0.1) is 0 Å². The van der Waals surface area contributed by atoms with Gasteiger partial charge < -0.3 is 9.84 Å². The molecule has 106 valence electrons. The summed E-state index contributed by atoms with van der Waals surface area (Å²) in [4.78, 5) is 11.0. The van der Waals surface area contributed by atoms with Gasteiger partial charge in [0.15, 0.2) is 0 Å². The predicted octanol–water partition coefficient (Wildman–Crippen LogP) is 3.65. The molecule has 3 nitrogen and oxygen atoms in total. The van der Waals surface area contributed by atoms with E-state index in [1.54, 1.807) is 18.2 Å². The van der Waals surface area contributed by atoms with E-state index >= 15 is 0 Å². The SMILES string of the molecule is COc1ccc(C(C)(C)F)cc1C(C)(C)CC(=O)O. The third-order valence-corrected chi connectivity index (χ3v) is 3.21. The summed E-state index contributed by atoms with van der Waals surface area (Å²) in [6.07, 6.45) is -0.0421. The van der Waals surface area contributed by atoms with Crippen LogP contribution in [-0.2, 0) is 15.9 Å². The van der Waals surface area contributed by atoms with Gasteiger partial charge >= 0.3 is 5.97 Å². The van der Waals surface area contributed by atoms with Crippen LogP contribution in [0.25, 0.3) is 0 Å². The van der Waals surface area contributed by atoms with Gasteiger partial charge in [-0.1, -0.05) is 19.9 Å². The van der Waals surface area contributed by atoms with Crippen molar-refractivity contribution < 1.29 is 19.0 Å². The predicted molar refractivity (Wildman–Crippen MR) is 72.4 cm³/mol. The summed E-state index contributed by atoms with van der Waals surface area (Å²) in [6.45, 7) is 6.58. The van der Waals surface area contributed by atoms with Gasteiger partial charge in [-0.25, -0.2) is 4.39 Å². The van der Waals surface area contributed by atoms with E-state index in [0.29, 0.717) is 16.9 Å². The Kier molecular flexibility index (Phi) is 4.23. The minimum Gasteiger partial charge on any atom is -0.496 e. The van der Waals surface area contributed by atoms with Crippen molar-refractivity contribution in [1.29, 1.82) is 0 Å². The fourth-order valence-electron chi connectivity index (χ4n) is 2.08. The highest BCUT2D eigenvalue weighted by Gasteiger charge is 2.30. The van der Waals surface area contributed by atoms with E-state index in [-0.39, 0.29) is 6.42 Å². The fraction of sp³-hybridized carbons (Fsp3) is 0.533. The average molecular weight is 268 g/mol. The molecule has 1 aromatic rings. The van der Waals surface area contributed by atoms with Gasteiger partial charge in [-0.15, -0.1) is 0 Å². The molecule has 1 aromatic carbocycles. The molecule has 0 spiro atoms. The van der Waals surface area contributed by atoms with E-state index in [9.17, 15) is 9.18 Å². The Morgan fingerprint density at radius 2 is 1.89 bits per heavy atom. The summed E-state index contributed by atoms with van der Waals surface area (Å²) in [6, 6.07) is 5.05. The molecule has 0 saturated heterocycles. The highest BCUT2D eigenvalue weighted by Crippen LogP contribution is 2.37. The van der Waals surface area contributed by atoms with Crippen molar-refractivity contribution >= 4 is 5.97 Å². The van der Waals surface area contributed by atoms with Crippen LogP contribution in [0.1, 0.15) is 45.2 Å². The van der Waals surface area contributed by atoms with Crippen molar-refractivity contribution in [3.63, 3.8) is 0 Å². The van der Waals surface area contributed by atoms with Crippen molar-refractivity contribution in [3.05, 3.63) is 29.3 Å². The van der Waals surface area contributed by atoms with E-state index in [0.717, 1.165) is 0 Å². The standard InChI is InChI=1S/C15H21FO3/c1-14(2,9-13(17)18)11-8-10(15(3,4)16)6-7-12(11)19-5/h6-8H,9H2,1-5H3,(H,17,18). The molecule has 0 heterocycles. The molecule has 1 N–H and O–H groups in total. The number of carboxylic acids is 1. The summed E-state index contributed by atoms with van der Waals surface area (Å²) in [5, 5.41) is 8.99. The van der Waals surface area contributed by atoms with Crippen molar-refractivity contribution in [2.45, 2.75) is 45.2 Å². The largest absolute Gasteiger partial charge is 0.496 e. The molecule has 0 aromatic heterocycles. The van der Waals surface area contributed by atoms with Crippen molar-refractivity contribution in [2.24, 2.45) is 0 Å². The molecule has 0 fully saturated rings. The third-order valence-electron chi connectivity index (χ3n) is 3.21. The number of aliphatic carboxylic acids is 1. The van der Waals surface area contributed by atoms with E-state index in [4.69, 9.17) is 9.84 Å². The zero-order valence-corrected chi connectivity index (χ0v) is 12.1. The first kappa shape index (κ1) is 15.5.